The second kappa shape index (κ2) is 8.88. The molecule has 9 heteroatoms. The highest BCUT2D eigenvalue weighted by molar-refractivity contribution is 7.21. The molecule has 5 rings (SSSR count). The van der Waals surface area contributed by atoms with Crippen LogP contribution in [-0.2, 0) is 0 Å². The van der Waals surface area contributed by atoms with Gasteiger partial charge in [-0.2, -0.15) is 0 Å². The zero-order valence-electron chi connectivity index (χ0n) is 19.8. The summed E-state index contributed by atoms with van der Waals surface area (Å²) < 4.78 is 5.80. The van der Waals surface area contributed by atoms with Crippen molar-refractivity contribution < 1.29 is 14.3 Å². The number of anilines is 3. The molecule has 0 radical (unpaired) electrons. The molecule has 178 valence electrons. The minimum Gasteiger partial charge on any atom is -0.491 e. The molecule has 1 fully saturated rings. The first-order valence-corrected chi connectivity index (χ1v) is 12.4. The van der Waals surface area contributed by atoms with Crippen LogP contribution >= 0.6 is 11.3 Å². The number of thiophene rings is 1. The van der Waals surface area contributed by atoms with E-state index >= 15 is 0 Å². The van der Waals surface area contributed by atoms with Gasteiger partial charge in [0.2, 0.25) is 0 Å². The molecule has 2 N–H and O–H groups in total. The minimum atomic E-state index is -0.300. The van der Waals surface area contributed by atoms with Gasteiger partial charge in [0.15, 0.2) is 0 Å². The lowest BCUT2D eigenvalue weighted by atomic mass is 10.1. The van der Waals surface area contributed by atoms with Gasteiger partial charge in [-0.25, -0.2) is 9.78 Å². The number of likely N-dealkylation sites (tertiary alicyclic amines) is 1. The van der Waals surface area contributed by atoms with E-state index in [2.05, 4.69) is 27.6 Å². The number of likely N-dealkylation sites (N-methyl/N-ethyl adjacent to an activating group) is 1. The van der Waals surface area contributed by atoms with Crippen molar-refractivity contribution in [1.29, 1.82) is 0 Å². The Morgan fingerprint density at radius 3 is 2.85 bits per heavy atom. The maximum Gasteiger partial charge on any atom is 0.331 e. The van der Waals surface area contributed by atoms with E-state index in [-0.39, 0.29) is 24.1 Å². The number of pyridine rings is 1. The number of benzene rings is 1. The third-order valence-electron chi connectivity index (χ3n) is 6.19. The first-order valence-electron chi connectivity index (χ1n) is 11.6. The molecule has 8 nitrogen and oxygen atoms in total. The largest absolute Gasteiger partial charge is 0.491 e. The molecule has 0 aliphatic carbocycles. The number of rotatable bonds is 5. The van der Waals surface area contributed by atoms with Gasteiger partial charge in [-0.15, -0.1) is 11.3 Å². The first kappa shape index (κ1) is 22.6. The molecular formula is C25H29N5O3S. The molecule has 34 heavy (non-hydrogen) atoms. The summed E-state index contributed by atoms with van der Waals surface area (Å²) in [6, 6.07) is 7.32. The van der Waals surface area contributed by atoms with E-state index in [4.69, 9.17) is 4.74 Å². The molecule has 3 amide bonds. The number of hydrogen-bond donors (Lipinski definition) is 2. The van der Waals surface area contributed by atoms with E-state index in [0.29, 0.717) is 10.6 Å². The summed E-state index contributed by atoms with van der Waals surface area (Å²) in [7, 11) is 2.07. The van der Waals surface area contributed by atoms with Crippen LogP contribution in [0.5, 0.6) is 5.75 Å². The Balaban J connectivity index is 1.51. The normalized spacial score (nSPS) is 18.3. The maximum atomic E-state index is 13.3. The summed E-state index contributed by atoms with van der Waals surface area (Å²) in [6.45, 7) is 7.78. The third kappa shape index (κ3) is 4.10. The maximum absolute atomic E-state index is 13.3. The summed E-state index contributed by atoms with van der Waals surface area (Å²) in [4.78, 5) is 36.2. The monoisotopic (exact) mass is 479 g/mol. The van der Waals surface area contributed by atoms with E-state index in [1.54, 1.807) is 11.1 Å². The lowest BCUT2D eigenvalue weighted by Crippen LogP contribution is -2.46. The molecule has 2 aromatic heterocycles. The smallest absolute Gasteiger partial charge is 0.331 e. The van der Waals surface area contributed by atoms with Crippen LogP contribution in [-0.4, -0.2) is 54.1 Å². The number of ether oxygens (including phenoxy) is 1. The summed E-state index contributed by atoms with van der Waals surface area (Å²) in [5.74, 6) is 0.599. The van der Waals surface area contributed by atoms with Crippen LogP contribution in [0.25, 0.3) is 10.2 Å². The van der Waals surface area contributed by atoms with Crippen molar-refractivity contribution in [3.8, 4) is 5.75 Å². The molecule has 1 unspecified atom stereocenters. The number of amides is 3. The molecule has 0 bridgehead atoms. The predicted molar refractivity (Wildman–Crippen MR) is 136 cm³/mol. The standard InChI is InChI=1S/C25H29N5O3S/c1-14(2)33-17-7-8-18(15(3)12-17)30-19-9-10-26-24-20(19)21(28-25(30)32)22(34-24)23(31)27-16-6-5-11-29(4)13-16/h7-10,12,14,16H,5-6,11,13H2,1-4H3,(H,27,31)(H,28,32). The van der Waals surface area contributed by atoms with E-state index in [0.717, 1.165) is 58.8 Å². The Bertz CT molecular complexity index is 1270. The van der Waals surface area contributed by atoms with Gasteiger partial charge in [-0.05, 0) is 77.0 Å². The number of nitrogens with one attached hydrogen (secondary N) is 2. The van der Waals surface area contributed by atoms with Crippen molar-refractivity contribution in [2.24, 2.45) is 0 Å². The second-order valence-corrected chi connectivity index (χ2v) is 10.3. The van der Waals surface area contributed by atoms with E-state index in [1.807, 2.05) is 45.0 Å². The molecule has 1 aromatic carbocycles. The van der Waals surface area contributed by atoms with Crippen molar-refractivity contribution in [3.63, 3.8) is 0 Å². The molecule has 0 saturated carbocycles. The van der Waals surface area contributed by atoms with Crippen LogP contribution in [0, 0.1) is 6.92 Å². The predicted octanol–water partition coefficient (Wildman–Crippen LogP) is 4.90. The molecule has 2 aliphatic rings. The van der Waals surface area contributed by atoms with Gasteiger partial charge in [-0.3, -0.25) is 9.69 Å². The topological polar surface area (TPSA) is 86.8 Å². The lowest BCUT2D eigenvalue weighted by Gasteiger charge is -2.31. The number of nitrogens with zero attached hydrogens (tertiary/aromatic N) is 3. The number of aromatic nitrogens is 1. The minimum absolute atomic E-state index is 0.0651. The zero-order chi connectivity index (χ0) is 24.0. The van der Waals surface area contributed by atoms with Crippen molar-refractivity contribution in [2.75, 3.05) is 30.4 Å². The van der Waals surface area contributed by atoms with E-state index in [9.17, 15) is 9.59 Å². The van der Waals surface area contributed by atoms with Crippen LogP contribution in [0.2, 0.25) is 0 Å². The Morgan fingerprint density at radius 1 is 1.29 bits per heavy atom. The van der Waals surface area contributed by atoms with Crippen LogP contribution in [0.1, 0.15) is 41.9 Å². The van der Waals surface area contributed by atoms with Gasteiger partial charge < -0.3 is 20.3 Å². The third-order valence-corrected chi connectivity index (χ3v) is 7.29. The second-order valence-electron chi connectivity index (χ2n) is 9.27. The van der Waals surface area contributed by atoms with Gasteiger partial charge in [0.1, 0.15) is 15.5 Å². The highest BCUT2D eigenvalue weighted by Gasteiger charge is 2.34. The van der Waals surface area contributed by atoms with Gasteiger partial charge in [0.05, 0.1) is 28.6 Å². The van der Waals surface area contributed by atoms with Crippen molar-refractivity contribution in [2.45, 2.75) is 45.8 Å². The van der Waals surface area contributed by atoms with Gasteiger partial charge >= 0.3 is 6.03 Å². The summed E-state index contributed by atoms with van der Waals surface area (Å²) in [5, 5.41) is 6.93. The fraction of sp³-hybridized carbons (Fsp3) is 0.400. The van der Waals surface area contributed by atoms with Crippen molar-refractivity contribution in [1.82, 2.24) is 15.2 Å². The molecule has 1 saturated heterocycles. The number of carbonyl (C=O) groups excluding carboxylic acids is 2. The molecule has 4 heterocycles. The molecule has 0 spiro atoms. The van der Waals surface area contributed by atoms with E-state index in [1.165, 1.54) is 11.3 Å². The SMILES string of the molecule is Cc1cc(OC(C)C)ccc1N1C(=O)Nc2c(C(=O)NC3CCCN(C)C3)sc3nccc1c23. The van der Waals surface area contributed by atoms with Crippen molar-refractivity contribution >= 4 is 50.6 Å². The fourth-order valence-corrected chi connectivity index (χ4v) is 5.77. The molecule has 1 atom stereocenters. The van der Waals surface area contributed by atoms with Crippen LogP contribution in [0.3, 0.4) is 0 Å². The van der Waals surface area contributed by atoms with Crippen LogP contribution in [0.15, 0.2) is 30.5 Å². The Kier molecular flexibility index (Phi) is 5.91. The summed E-state index contributed by atoms with van der Waals surface area (Å²) >= 11 is 1.31. The average Bonchev–Trinajstić information content (AvgIpc) is 3.14. The molecular weight excluding hydrogens is 450 g/mol. The fourth-order valence-electron chi connectivity index (χ4n) is 4.74. The highest BCUT2D eigenvalue weighted by atomic mass is 32.1. The molecule has 2 aliphatic heterocycles. The van der Waals surface area contributed by atoms with Gasteiger partial charge in [-0.1, -0.05) is 0 Å². The summed E-state index contributed by atoms with van der Waals surface area (Å²) in [5.41, 5.74) is 2.94. The van der Waals surface area contributed by atoms with Crippen LogP contribution < -0.4 is 20.3 Å². The number of urea groups is 1. The first-order chi connectivity index (χ1) is 16.3. The lowest BCUT2D eigenvalue weighted by molar-refractivity contribution is 0.0917. The Hall–Kier alpha value is -3.17. The average molecular weight is 480 g/mol. The number of aryl methyl sites for hydroxylation is 1. The Morgan fingerprint density at radius 2 is 2.12 bits per heavy atom. The van der Waals surface area contributed by atoms with Crippen molar-refractivity contribution in [3.05, 3.63) is 40.9 Å². The Labute approximate surface area is 202 Å². The van der Waals surface area contributed by atoms with Gasteiger partial charge in [0, 0.05) is 18.8 Å². The summed E-state index contributed by atoms with van der Waals surface area (Å²) in [6.07, 6.45) is 3.76. The molecule has 3 aromatic rings. The number of piperidine rings is 1. The zero-order valence-corrected chi connectivity index (χ0v) is 20.7. The highest BCUT2D eigenvalue weighted by Crippen LogP contribution is 2.46. The quantitative estimate of drug-likeness (QED) is 0.544. The van der Waals surface area contributed by atoms with Crippen LogP contribution in [0.4, 0.5) is 21.9 Å². The van der Waals surface area contributed by atoms with E-state index < -0.39 is 0 Å². The number of hydrogen-bond acceptors (Lipinski definition) is 6. The number of carbonyl (C=O) groups is 2. The van der Waals surface area contributed by atoms with Gasteiger partial charge in [0.25, 0.3) is 5.91 Å².